The van der Waals surface area contributed by atoms with Crippen molar-refractivity contribution < 1.29 is 18.7 Å². The Balaban J connectivity index is 1.86. The fourth-order valence-electron chi connectivity index (χ4n) is 1.80. The second-order valence-corrected chi connectivity index (χ2v) is 4.86. The van der Waals surface area contributed by atoms with Gasteiger partial charge in [0.25, 0.3) is 5.91 Å². The van der Waals surface area contributed by atoms with Crippen LogP contribution in [0.5, 0.6) is 5.75 Å². The summed E-state index contributed by atoms with van der Waals surface area (Å²) in [6, 6.07) is 7.74. The molecule has 1 aromatic carbocycles. The van der Waals surface area contributed by atoms with Gasteiger partial charge in [-0.15, -0.1) is 0 Å². The largest absolute Gasteiger partial charge is 0.492 e. The fourth-order valence-corrected chi connectivity index (χ4v) is 1.80. The Morgan fingerprint density at radius 1 is 1.26 bits per heavy atom. The van der Waals surface area contributed by atoms with E-state index in [2.05, 4.69) is 10.6 Å². The monoisotopic (exact) mass is 317 g/mol. The molecule has 2 aromatic rings. The minimum atomic E-state index is -0.689. The van der Waals surface area contributed by atoms with Crippen LogP contribution in [-0.4, -0.2) is 31.0 Å². The maximum atomic E-state index is 12.1. The van der Waals surface area contributed by atoms with E-state index < -0.39 is 6.04 Å². The molecule has 1 unspecified atom stereocenters. The highest BCUT2D eigenvalue weighted by molar-refractivity contribution is 6.00. The number of anilines is 1. The summed E-state index contributed by atoms with van der Waals surface area (Å²) in [6.45, 7) is 2.47. The molecule has 2 amide bonds. The number of amides is 2. The molecule has 1 heterocycles. The molecule has 0 bridgehead atoms. The van der Waals surface area contributed by atoms with Crippen molar-refractivity contribution in [2.75, 3.05) is 18.5 Å². The van der Waals surface area contributed by atoms with Crippen LogP contribution < -0.4 is 21.1 Å². The van der Waals surface area contributed by atoms with Gasteiger partial charge in [-0.05, 0) is 37.3 Å². The van der Waals surface area contributed by atoms with Gasteiger partial charge < -0.3 is 25.5 Å². The molecule has 2 rings (SSSR count). The predicted molar refractivity (Wildman–Crippen MR) is 85.3 cm³/mol. The zero-order valence-corrected chi connectivity index (χ0v) is 12.7. The molecule has 7 nitrogen and oxygen atoms in total. The average Bonchev–Trinajstić information content (AvgIpc) is 3.08. The van der Waals surface area contributed by atoms with Crippen molar-refractivity contribution in [2.24, 2.45) is 5.73 Å². The highest BCUT2D eigenvalue weighted by atomic mass is 16.5. The summed E-state index contributed by atoms with van der Waals surface area (Å²) in [4.78, 5) is 23.9. The molecule has 1 aromatic heterocycles. The van der Waals surface area contributed by atoms with Crippen LogP contribution in [0.25, 0.3) is 0 Å². The minimum Gasteiger partial charge on any atom is -0.492 e. The highest BCUT2D eigenvalue weighted by Crippen LogP contribution is 2.15. The third-order valence-electron chi connectivity index (χ3n) is 3.03. The van der Waals surface area contributed by atoms with Crippen molar-refractivity contribution in [2.45, 2.75) is 13.0 Å². The molecule has 7 heteroatoms. The van der Waals surface area contributed by atoms with Crippen molar-refractivity contribution in [1.82, 2.24) is 5.32 Å². The number of nitrogens with one attached hydrogen (secondary N) is 2. The first-order valence-electron chi connectivity index (χ1n) is 7.17. The zero-order chi connectivity index (χ0) is 16.7. The lowest BCUT2D eigenvalue weighted by molar-refractivity contribution is -0.117. The summed E-state index contributed by atoms with van der Waals surface area (Å²) in [6.07, 6.45) is 2.72. The Bertz CT molecular complexity index is 638. The van der Waals surface area contributed by atoms with Crippen molar-refractivity contribution in [1.29, 1.82) is 0 Å². The van der Waals surface area contributed by atoms with Crippen LogP contribution in [-0.2, 0) is 4.79 Å². The van der Waals surface area contributed by atoms with Gasteiger partial charge in [0.05, 0.1) is 11.8 Å². The lowest BCUT2D eigenvalue weighted by Crippen LogP contribution is -2.41. The van der Waals surface area contributed by atoms with Crippen LogP contribution in [0, 0.1) is 0 Å². The van der Waals surface area contributed by atoms with E-state index in [1.807, 2.05) is 0 Å². The van der Waals surface area contributed by atoms with Gasteiger partial charge in [0.1, 0.15) is 24.7 Å². The summed E-state index contributed by atoms with van der Waals surface area (Å²) in [5.74, 6) is -0.0147. The van der Waals surface area contributed by atoms with E-state index in [1.165, 1.54) is 18.6 Å². The van der Waals surface area contributed by atoms with Crippen LogP contribution in [0.15, 0.2) is 47.3 Å². The van der Waals surface area contributed by atoms with Crippen LogP contribution in [0.3, 0.4) is 0 Å². The quantitative estimate of drug-likeness (QED) is 0.715. The van der Waals surface area contributed by atoms with Crippen molar-refractivity contribution in [3.8, 4) is 5.75 Å². The molecule has 0 aliphatic rings. The van der Waals surface area contributed by atoms with Crippen molar-refractivity contribution in [3.05, 3.63) is 48.4 Å². The van der Waals surface area contributed by atoms with Gasteiger partial charge >= 0.3 is 0 Å². The molecule has 0 radical (unpaired) electrons. The van der Waals surface area contributed by atoms with Gasteiger partial charge in [-0.25, -0.2) is 0 Å². The molecule has 0 saturated heterocycles. The standard InChI is InChI=1S/C16H19N3O4/c1-11(18-16(21)12-6-8-22-10-12)15(20)19-13-2-4-14(5-3-13)23-9-7-17/h2-6,8,10-11H,7,9,17H2,1H3,(H,18,21)(H,19,20). The van der Waals surface area contributed by atoms with E-state index in [-0.39, 0.29) is 11.8 Å². The summed E-state index contributed by atoms with van der Waals surface area (Å²) < 4.78 is 10.2. The Morgan fingerprint density at radius 2 is 2.00 bits per heavy atom. The number of hydrogen-bond acceptors (Lipinski definition) is 5. The molecule has 0 saturated carbocycles. The second-order valence-electron chi connectivity index (χ2n) is 4.86. The van der Waals surface area contributed by atoms with Gasteiger partial charge in [0, 0.05) is 12.2 Å². The minimum absolute atomic E-state index is 0.322. The molecule has 122 valence electrons. The lowest BCUT2D eigenvalue weighted by Gasteiger charge is -2.14. The van der Waals surface area contributed by atoms with Crippen molar-refractivity contribution in [3.63, 3.8) is 0 Å². The molecule has 1 atom stereocenters. The zero-order valence-electron chi connectivity index (χ0n) is 12.7. The number of ether oxygens (including phenoxy) is 1. The number of carbonyl (C=O) groups is 2. The van der Waals surface area contributed by atoms with E-state index in [0.29, 0.717) is 30.2 Å². The number of hydrogen-bond donors (Lipinski definition) is 3. The Kier molecular flexibility index (Phi) is 5.76. The number of furan rings is 1. The molecule has 23 heavy (non-hydrogen) atoms. The lowest BCUT2D eigenvalue weighted by atomic mass is 10.2. The van der Waals surface area contributed by atoms with Gasteiger partial charge in [0.2, 0.25) is 5.91 Å². The normalized spacial score (nSPS) is 11.6. The summed E-state index contributed by atoms with van der Waals surface area (Å²) in [5, 5.41) is 5.31. The number of carbonyl (C=O) groups excluding carboxylic acids is 2. The van der Waals surface area contributed by atoms with E-state index in [9.17, 15) is 9.59 Å². The number of rotatable bonds is 7. The summed E-state index contributed by atoms with van der Waals surface area (Å²) in [5.41, 5.74) is 6.34. The summed E-state index contributed by atoms with van der Waals surface area (Å²) in [7, 11) is 0. The van der Waals surface area contributed by atoms with Crippen LogP contribution in [0.4, 0.5) is 5.69 Å². The average molecular weight is 317 g/mol. The molecule has 0 aliphatic heterocycles. The number of nitrogens with two attached hydrogens (primary N) is 1. The second kappa shape index (κ2) is 8.00. The number of benzene rings is 1. The van der Waals surface area contributed by atoms with E-state index in [0.717, 1.165) is 0 Å². The maximum Gasteiger partial charge on any atom is 0.255 e. The SMILES string of the molecule is CC(NC(=O)c1ccoc1)C(=O)Nc1ccc(OCCN)cc1. The third kappa shape index (κ3) is 4.86. The molecular formula is C16H19N3O4. The van der Waals surface area contributed by atoms with E-state index in [4.69, 9.17) is 14.9 Å². The van der Waals surface area contributed by atoms with Crippen molar-refractivity contribution >= 4 is 17.5 Å². The molecule has 4 N–H and O–H groups in total. The smallest absolute Gasteiger partial charge is 0.255 e. The van der Waals surface area contributed by atoms with E-state index in [1.54, 1.807) is 31.2 Å². The molecule has 0 fully saturated rings. The predicted octanol–water partition coefficient (Wildman–Crippen LogP) is 1.37. The van der Waals surface area contributed by atoms with Crippen LogP contribution in [0.2, 0.25) is 0 Å². The highest BCUT2D eigenvalue weighted by Gasteiger charge is 2.17. The summed E-state index contributed by atoms with van der Waals surface area (Å²) >= 11 is 0. The van der Waals surface area contributed by atoms with Crippen LogP contribution >= 0.6 is 0 Å². The fraction of sp³-hybridized carbons (Fsp3) is 0.250. The molecule has 0 aliphatic carbocycles. The van der Waals surface area contributed by atoms with Crippen LogP contribution in [0.1, 0.15) is 17.3 Å². The first kappa shape index (κ1) is 16.6. The van der Waals surface area contributed by atoms with E-state index >= 15 is 0 Å². The van der Waals surface area contributed by atoms with Gasteiger partial charge in [-0.2, -0.15) is 0 Å². The Hall–Kier alpha value is -2.80. The molecular weight excluding hydrogens is 298 g/mol. The Morgan fingerprint density at radius 3 is 2.61 bits per heavy atom. The first-order chi connectivity index (χ1) is 11.1. The van der Waals surface area contributed by atoms with Gasteiger partial charge in [-0.3, -0.25) is 9.59 Å². The third-order valence-corrected chi connectivity index (χ3v) is 3.03. The first-order valence-corrected chi connectivity index (χ1v) is 7.17. The topological polar surface area (TPSA) is 107 Å². The van der Waals surface area contributed by atoms with Gasteiger partial charge in [-0.1, -0.05) is 0 Å². The van der Waals surface area contributed by atoms with Gasteiger partial charge in [0.15, 0.2) is 0 Å². The maximum absolute atomic E-state index is 12.1. The molecule has 0 spiro atoms. The Labute approximate surface area is 133 Å².